The number of benzene rings is 1. The Morgan fingerprint density at radius 3 is 2.81 bits per heavy atom. The van der Waals surface area contributed by atoms with E-state index in [9.17, 15) is 0 Å². The van der Waals surface area contributed by atoms with Crippen molar-refractivity contribution in [2.75, 3.05) is 19.8 Å². The average molecular weight is 350 g/mol. The summed E-state index contributed by atoms with van der Waals surface area (Å²) in [6.45, 7) is 3.25. The molecule has 1 spiro atoms. The first-order valence-corrected chi connectivity index (χ1v) is 9.17. The molecule has 134 valence electrons. The summed E-state index contributed by atoms with van der Waals surface area (Å²) < 4.78 is 7.49. The van der Waals surface area contributed by atoms with Gasteiger partial charge < -0.3 is 9.72 Å². The van der Waals surface area contributed by atoms with Gasteiger partial charge in [0.2, 0.25) is 0 Å². The fourth-order valence-corrected chi connectivity index (χ4v) is 4.26. The van der Waals surface area contributed by atoms with E-state index >= 15 is 0 Å². The van der Waals surface area contributed by atoms with Crippen LogP contribution < -0.4 is 0 Å². The van der Waals surface area contributed by atoms with E-state index in [0.29, 0.717) is 0 Å². The quantitative estimate of drug-likeness (QED) is 0.783. The van der Waals surface area contributed by atoms with Gasteiger partial charge in [0.25, 0.3) is 0 Å². The van der Waals surface area contributed by atoms with Gasteiger partial charge in [0.15, 0.2) is 5.82 Å². The lowest BCUT2D eigenvalue weighted by atomic mass is 9.80. The maximum Gasteiger partial charge on any atom is 0.165 e. The molecule has 0 saturated carbocycles. The zero-order chi connectivity index (χ0) is 17.4. The van der Waals surface area contributed by atoms with E-state index < -0.39 is 0 Å². The number of para-hydroxylation sites is 1. The molecule has 0 bridgehead atoms. The molecule has 2 aromatic heterocycles. The van der Waals surface area contributed by atoms with Crippen LogP contribution in [0.25, 0.3) is 5.69 Å². The molecule has 4 heterocycles. The Morgan fingerprint density at radius 2 is 1.96 bits per heavy atom. The van der Waals surface area contributed by atoms with Gasteiger partial charge in [-0.2, -0.15) is 0 Å². The number of ether oxygens (including phenoxy) is 1. The molecule has 1 N–H and O–H groups in total. The summed E-state index contributed by atoms with van der Waals surface area (Å²) in [6, 6.07) is 10.1. The maximum atomic E-state index is 5.65. The number of H-pyrrole nitrogens is 1. The molecule has 2 aliphatic rings. The number of aromatic nitrogens is 5. The summed E-state index contributed by atoms with van der Waals surface area (Å²) in [5, 5.41) is 4.70. The topological polar surface area (TPSA) is 71.9 Å². The molecule has 2 aliphatic heterocycles. The summed E-state index contributed by atoms with van der Waals surface area (Å²) in [4.78, 5) is 15.1. The zero-order valence-corrected chi connectivity index (χ0v) is 14.6. The molecule has 3 aromatic rings. The second kappa shape index (κ2) is 6.34. The van der Waals surface area contributed by atoms with E-state index in [1.807, 2.05) is 41.3 Å². The number of imidazole rings is 1. The second-order valence-electron chi connectivity index (χ2n) is 6.99. The predicted octanol–water partition coefficient (Wildman–Crippen LogP) is 2.05. The van der Waals surface area contributed by atoms with Crippen LogP contribution in [0.1, 0.15) is 30.1 Å². The Bertz CT molecular complexity index is 880. The van der Waals surface area contributed by atoms with Crippen molar-refractivity contribution in [3.05, 3.63) is 60.2 Å². The summed E-state index contributed by atoms with van der Waals surface area (Å²) in [5.41, 5.74) is 3.42. The van der Waals surface area contributed by atoms with Crippen molar-refractivity contribution in [3.63, 3.8) is 0 Å². The molecule has 1 aromatic carbocycles. The number of rotatable bonds is 3. The highest BCUT2D eigenvalue weighted by atomic mass is 16.5. The van der Waals surface area contributed by atoms with E-state index in [1.54, 1.807) is 6.33 Å². The lowest BCUT2D eigenvalue weighted by Crippen LogP contribution is -2.53. The molecule has 0 radical (unpaired) electrons. The molecule has 7 heteroatoms. The number of aromatic amines is 1. The van der Waals surface area contributed by atoms with Crippen LogP contribution in [0.4, 0.5) is 0 Å². The molecule has 1 fully saturated rings. The molecule has 0 atom stereocenters. The highest BCUT2D eigenvalue weighted by Gasteiger charge is 2.45. The third kappa shape index (κ3) is 2.55. The fraction of sp³-hybridized carbons (Fsp3) is 0.421. The van der Waals surface area contributed by atoms with Crippen LogP contribution in [0.15, 0.2) is 43.0 Å². The predicted molar refractivity (Wildman–Crippen MR) is 95.8 cm³/mol. The van der Waals surface area contributed by atoms with Crippen molar-refractivity contribution in [3.8, 4) is 5.69 Å². The van der Waals surface area contributed by atoms with Gasteiger partial charge in [-0.25, -0.2) is 14.6 Å². The van der Waals surface area contributed by atoms with Crippen molar-refractivity contribution in [2.24, 2.45) is 0 Å². The Balaban J connectivity index is 1.44. The van der Waals surface area contributed by atoms with Gasteiger partial charge in [0.1, 0.15) is 6.33 Å². The largest absolute Gasteiger partial charge is 0.381 e. The molecule has 0 aliphatic carbocycles. The van der Waals surface area contributed by atoms with Crippen LogP contribution in [-0.4, -0.2) is 49.4 Å². The number of nitrogens with zero attached hydrogens (tertiary/aromatic N) is 5. The molecule has 0 amide bonds. The molecular formula is C19H22N6O. The van der Waals surface area contributed by atoms with Gasteiger partial charge in [-0.05, 0) is 25.0 Å². The van der Waals surface area contributed by atoms with Crippen LogP contribution in [0.5, 0.6) is 0 Å². The first-order valence-electron chi connectivity index (χ1n) is 9.17. The fourth-order valence-electron chi connectivity index (χ4n) is 4.26. The van der Waals surface area contributed by atoms with E-state index in [-0.39, 0.29) is 5.54 Å². The van der Waals surface area contributed by atoms with Gasteiger partial charge in [0, 0.05) is 31.9 Å². The lowest BCUT2D eigenvalue weighted by Gasteiger charge is -2.48. The zero-order valence-electron chi connectivity index (χ0n) is 14.6. The van der Waals surface area contributed by atoms with Crippen LogP contribution in [0.3, 0.4) is 0 Å². The number of hydrogen-bond donors (Lipinski definition) is 1. The minimum absolute atomic E-state index is 0.0654. The molecule has 0 unspecified atom stereocenters. The maximum absolute atomic E-state index is 5.65. The Kier molecular flexibility index (Phi) is 3.83. The second-order valence-corrected chi connectivity index (χ2v) is 6.99. The van der Waals surface area contributed by atoms with Gasteiger partial charge in [0.05, 0.1) is 29.8 Å². The van der Waals surface area contributed by atoms with E-state index in [1.165, 1.54) is 11.4 Å². The lowest BCUT2D eigenvalue weighted by molar-refractivity contribution is -0.0460. The SMILES string of the molecule is c1ccc(-n2cnc(CN3CCc4[nH]cnc4C34CCOCC4)n2)cc1. The van der Waals surface area contributed by atoms with Gasteiger partial charge in [-0.1, -0.05) is 18.2 Å². The molecular weight excluding hydrogens is 328 g/mol. The van der Waals surface area contributed by atoms with Crippen molar-refractivity contribution in [1.82, 2.24) is 29.6 Å². The third-order valence-corrected chi connectivity index (χ3v) is 5.61. The van der Waals surface area contributed by atoms with Crippen LogP contribution in [0.2, 0.25) is 0 Å². The summed E-state index contributed by atoms with van der Waals surface area (Å²) >= 11 is 0. The van der Waals surface area contributed by atoms with Crippen molar-refractivity contribution in [1.29, 1.82) is 0 Å². The smallest absolute Gasteiger partial charge is 0.165 e. The number of fused-ring (bicyclic) bond motifs is 2. The summed E-state index contributed by atoms with van der Waals surface area (Å²) in [6.07, 6.45) is 6.53. The van der Waals surface area contributed by atoms with Crippen molar-refractivity contribution < 1.29 is 4.74 Å². The molecule has 7 nitrogen and oxygen atoms in total. The Labute approximate surface area is 152 Å². The van der Waals surface area contributed by atoms with Crippen molar-refractivity contribution in [2.45, 2.75) is 31.3 Å². The summed E-state index contributed by atoms with van der Waals surface area (Å²) in [5.74, 6) is 0.846. The third-order valence-electron chi connectivity index (χ3n) is 5.61. The molecule has 1 saturated heterocycles. The first kappa shape index (κ1) is 15.7. The van der Waals surface area contributed by atoms with E-state index in [0.717, 1.165) is 57.1 Å². The molecule has 26 heavy (non-hydrogen) atoms. The normalized spacial score (nSPS) is 19.5. The van der Waals surface area contributed by atoms with Gasteiger partial charge >= 0.3 is 0 Å². The molecule has 5 rings (SSSR count). The van der Waals surface area contributed by atoms with Crippen LogP contribution >= 0.6 is 0 Å². The highest BCUT2D eigenvalue weighted by Crippen LogP contribution is 2.42. The van der Waals surface area contributed by atoms with Gasteiger partial charge in [-0.15, -0.1) is 5.10 Å². The number of hydrogen-bond acceptors (Lipinski definition) is 5. The van der Waals surface area contributed by atoms with Crippen molar-refractivity contribution >= 4 is 0 Å². The van der Waals surface area contributed by atoms with Crippen LogP contribution in [0, 0.1) is 0 Å². The minimum Gasteiger partial charge on any atom is -0.381 e. The highest BCUT2D eigenvalue weighted by molar-refractivity contribution is 5.29. The number of nitrogens with one attached hydrogen (secondary N) is 1. The average Bonchev–Trinajstić information content (AvgIpc) is 3.36. The standard InChI is InChI=1S/C19H22N6O/c1-2-4-15(5-3-1)25-14-22-17(23-25)12-24-9-6-16-18(21-13-20-16)19(24)7-10-26-11-8-19/h1-5,13-14H,6-12H2,(H,20,21). The Morgan fingerprint density at radius 1 is 1.12 bits per heavy atom. The van der Waals surface area contributed by atoms with E-state index in [4.69, 9.17) is 9.84 Å². The monoisotopic (exact) mass is 350 g/mol. The minimum atomic E-state index is -0.0654. The Hall–Kier alpha value is -2.51. The van der Waals surface area contributed by atoms with Crippen LogP contribution in [-0.2, 0) is 23.2 Å². The first-order chi connectivity index (χ1) is 12.9. The van der Waals surface area contributed by atoms with Gasteiger partial charge in [-0.3, -0.25) is 4.90 Å². The summed E-state index contributed by atoms with van der Waals surface area (Å²) in [7, 11) is 0. The van der Waals surface area contributed by atoms with E-state index in [2.05, 4.69) is 19.9 Å².